The zero-order valence-electron chi connectivity index (χ0n) is 14.8. The van der Waals surface area contributed by atoms with Crippen LogP contribution in [0.15, 0.2) is 0 Å². The molecule has 2 saturated heterocycles. The highest BCUT2D eigenvalue weighted by atomic mass is 35.5. The van der Waals surface area contributed by atoms with Gasteiger partial charge in [-0.2, -0.15) is 0 Å². The molecule has 0 spiro atoms. The highest BCUT2D eigenvalue weighted by molar-refractivity contribution is 5.86. The summed E-state index contributed by atoms with van der Waals surface area (Å²) in [4.78, 5) is 17.5. The Kier molecular flexibility index (Phi) is 8.77. The lowest BCUT2D eigenvalue weighted by Gasteiger charge is -2.41. The van der Waals surface area contributed by atoms with Gasteiger partial charge < -0.3 is 20.9 Å². The van der Waals surface area contributed by atoms with Gasteiger partial charge in [0.1, 0.15) is 0 Å². The average molecular weight is 381 g/mol. The first-order chi connectivity index (χ1) is 10.6. The standard InChI is InChI=1S/C17H32N4O.2ClH/c1-20-10-6-15(7-11-20)21-12-4-14(5-13-21)19-16(22)17(18)8-2-3-9-17;;/h14-15H,2-13,18H2,1H3,(H,19,22);2*1H. The van der Waals surface area contributed by atoms with Crippen LogP contribution in [0.3, 0.4) is 0 Å². The quantitative estimate of drug-likeness (QED) is 0.782. The molecule has 0 bridgehead atoms. The predicted octanol–water partition coefficient (Wildman–Crippen LogP) is 1.78. The number of hydrogen-bond acceptors (Lipinski definition) is 4. The minimum Gasteiger partial charge on any atom is -0.352 e. The van der Waals surface area contributed by atoms with E-state index in [9.17, 15) is 4.79 Å². The number of carbonyl (C=O) groups excluding carboxylic acids is 1. The number of nitrogens with one attached hydrogen (secondary N) is 1. The van der Waals surface area contributed by atoms with Gasteiger partial charge in [-0.3, -0.25) is 4.79 Å². The largest absolute Gasteiger partial charge is 0.352 e. The van der Waals surface area contributed by atoms with Gasteiger partial charge in [-0.25, -0.2) is 0 Å². The zero-order chi connectivity index (χ0) is 15.6. The Morgan fingerprint density at radius 3 is 2.08 bits per heavy atom. The zero-order valence-corrected chi connectivity index (χ0v) is 16.5. The molecule has 0 unspecified atom stereocenters. The van der Waals surface area contributed by atoms with Crippen LogP contribution in [0.25, 0.3) is 0 Å². The van der Waals surface area contributed by atoms with Crippen LogP contribution in [0.5, 0.6) is 0 Å². The van der Waals surface area contributed by atoms with E-state index in [1.165, 1.54) is 25.9 Å². The van der Waals surface area contributed by atoms with E-state index >= 15 is 0 Å². The first kappa shape index (κ1) is 22.0. The molecule has 2 aliphatic heterocycles. The summed E-state index contributed by atoms with van der Waals surface area (Å²) in [5.74, 6) is 0.0998. The minimum absolute atomic E-state index is 0. The fourth-order valence-electron chi connectivity index (χ4n) is 4.33. The van der Waals surface area contributed by atoms with Gasteiger partial charge in [0, 0.05) is 25.2 Å². The Labute approximate surface area is 158 Å². The molecule has 0 atom stereocenters. The third kappa shape index (κ3) is 5.21. The van der Waals surface area contributed by atoms with Crippen LogP contribution in [0.1, 0.15) is 51.4 Å². The van der Waals surface area contributed by atoms with Gasteiger partial charge in [0.05, 0.1) is 5.54 Å². The molecule has 1 amide bonds. The summed E-state index contributed by atoms with van der Waals surface area (Å²) < 4.78 is 0. The summed E-state index contributed by atoms with van der Waals surface area (Å²) in [5.41, 5.74) is 5.67. The topological polar surface area (TPSA) is 61.6 Å². The van der Waals surface area contributed by atoms with E-state index in [0.717, 1.165) is 57.7 Å². The molecule has 0 aromatic rings. The second-order valence-corrected chi connectivity index (χ2v) is 7.68. The third-order valence-electron chi connectivity index (χ3n) is 6.02. The maximum absolute atomic E-state index is 12.4. The number of carbonyl (C=O) groups is 1. The Hall–Kier alpha value is -0.0700. The fourth-order valence-corrected chi connectivity index (χ4v) is 4.33. The lowest BCUT2D eigenvalue weighted by atomic mass is 9.95. The number of rotatable bonds is 3. The molecule has 1 aliphatic carbocycles. The van der Waals surface area contributed by atoms with E-state index in [1.807, 2.05) is 0 Å². The molecule has 0 aromatic carbocycles. The summed E-state index contributed by atoms with van der Waals surface area (Å²) in [6.07, 6.45) is 8.64. The predicted molar refractivity (Wildman–Crippen MR) is 103 cm³/mol. The lowest BCUT2D eigenvalue weighted by Crippen LogP contribution is -2.57. The van der Waals surface area contributed by atoms with Crippen LogP contribution in [0.4, 0.5) is 0 Å². The molecule has 3 N–H and O–H groups in total. The van der Waals surface area contributed by atoms with Crippen molar-refractivity contribution in [3.63, 3.8) is 0 Å². The average Bonchev–Trinajstić information content (AvgIpc) is 2.97. The summed E-state index contributed by atoms with van der Waals surface area (Å²) in [6, 6.07) is 1.08. The summed E-state index contributed by atoms with van der Waals surface area (Å²) in [7, 11) is 2.21. The van der Waals surface area contributed by atoms with Crippen molar-refractivity contribution in [2.24, 2.45) is 5.73 Å². The number of hydrogen-bond donors (Lipinski definition) is 2. The highest BCUT2D eigenvalue weighted by Gasteiger charge is 2.38. The van der Waals surface area contributed by atoms with Crippen molar-refractivity contribution in [1.82, 2.24) is 15.1 Å². The number of nitrogens with zero attached hydrogens (tertiary/aromatic N) is 2. The normalized spacial score (nSPS) is 26.4. The number of nitrogens with two attached hydrogens (primary N) is 1. The van der Waals surface area contributed by atoms with Gasteiger partial charge in [-0.15, -0.1) is 24.8 Å². The number of likely N-dealkylation sites (tertiary alicyclic amines) is 2. The highest BCUT2D eigenvalue weighted by Crippen LogP contribution is 2.28. The van der Waals surface area contributed by atoms with Gasteiger partial charge in [0.25, 0.3) is 0 Å². The molecule has 3 rings (SSSR count). The fraction of sp³-hybridized carbons (Fsp3) is 0.941. The van der Waals surface area contributed by atoms with Crippen molar-refractivity contribution in [3.05, 3.63) is 0 Å². The molecule has 7 heteroatoms. The molecule has 3 fully saturated rings. The van der Waals surface area contributed by atoms with Gasteiger partial charge in [0.2, 0.25) is 5.91 Å². The van der Waals surface area contributed by atoms with E-state index in [-0.39, 0.29) is 30.7 Å². The molecule has 0 aromatic heterocycles. The SMILES string of the molecule is CN1CCC(N2CCC(NC(=O)C3(N)CCCC3)CC2)CC1.Cl.Cl. The van der Waals surface area contributed by atoms with Crippen molar-refractivity contribution < 1.29 is 4.79 Å². The number of amides is 1. The third-order valence-corrected chi connectivity index (χ3v) is 6.02. The van der Waals surface area contributed by atoms with Gasteiger partial charge in [-0.1, -0.05) is 12.8 Å². The number of piperidine rings is 2. The van der Waals surface area contributed by atoms with Gasteiger partial charge in [-0.05, 0) is 58.7 Å². The summed E-state index contributed by atoms with van der Waals surface area (Å²) in [5, 5.41) is 3.23. The van der Waals surface area contributed by atoms with Crippen LogP contribution < -0.4 is 11.1 Å². The van der Waals surface area contributed by atoms with Crippen LogP contribution >= 0.6 is 24.8 Å². The second-order valence-electron chi connectivity index (χ2n) is 7.68. The van der Waals surface area contributed by atoms with Crippen molar-refractivity contribution in [3.8, 4) is 0 Å². The van der Waals surface area contributed by atoms with Gasteiger partial charge >= 0.3 is 0 Å². The Morgan fingerprint density at radius 1 is 1.00 bits per heavy atom. The lowest BCUT2D eigenvalue weighted by molar-refractivity contribution is -0.127. The van der Waals surface area contributed by atoms with Crippen LogP contribution in [-0.2, 0) is 4.79 Å². The summed E-state index contributed by atoms with van der Waals surface area (Å²) >= 11 is 0. The minimum atomic E-state index is -0.578. The summed E-state index contributed by atoms with van der Waals surface area (Å²) in [6.45, 7) is 4.68. The van der Waals surface area contributed by atoms with E-state index < -0.39 is 5.54 Å². The van der Waals surface area contributed by atoms with Crippen LogP contribution in [0, 0.1) is 0 Å². The van der Waals surface area contributed by atoms with Gasteiger partial charge in [0.15, 0.2) is 0 Å². The smallest absolute Gasteiger partial charge is 0.240 e. The molecule has 5 nitrogen and oxygen atoms in total. The molecular formula is C17H34Cl2N4O. The first-order valence-electron chi connectivity index (χ1n) is 9.09. The van der Waals surface area contributed by atoms with E-state index in [4.69, 9.17) is 5.73 Å². The van der Waals surface area contributed by atoms with E-state index in [0.29, 0.717) is 6.04 Å². The van der Waals surface area contributed by atoms with Crippen LogP contribution in [-0.4, -0.2) is 66.6 Å². The molecular weight excluding hydrogens is 347 g/mol. The Bertz CT molecular complexity index is 388. The van der Waals surface area contributed by atoms with Crippen molar-refractivity contribution in [2.45, 2.75) is 69.0 Å². The van der Waals surface area contributed by atoms with Crippen molar-refractivity contribution in [1.29, 1.82) is 0 Å². The van der Waals surface area contributed by atoms with E-state index in [2.05, 4.69) is 22.2 Å². The molecule has 142 valence electrons. The second kappa shape index (κ2) is 9.58. The molecule has 2 heterocycles. The molecule has 1 saturated carbocycles. The Balaban J connectivity index is 0.00000144. The van der Waals surface area contributed by atoms with Crippen molar-refractivity contribution >= 4 is 30.7 Å². The Morgan fingerprint density at radius 2 is 1.54 bits per heavy atom. The molecule has 24 heavy (non-hydrogen) atoms. The maximum atomic E-state index is 12.4. The molecule has 0 radical (unpaired) electrons. The monoisotopic (exact) mass is 380 g/mol. The number of halogens is 2. The van der Waals surface area contributed by atoms with Crippen LogP contribution in [0.2, 0.25) is 0 Å². The maximum Gasteiger partial charge on any atom is 0.240 e. The van der Waals surface area contributed by atoms with Crippen molar-refractivity contribution in [2.75, 3.05) is 33.2 Å². The first-order valence-corrected chi connectivity index (χ1v) is 9.09. The van der Waals surface area contributed by atoms with E-state index in [1.54, 1.807) is 0 Å². The molecule has 3 aliphatic rings.